The average molecular weight is 233 g/mol. The number of aromatic amines is 1. The Morgan fingerprint density at radius 2 is 2.08 bits per heavy atom. The highest BCUT2D eigenvalue weighted by atomic mass is 79.9. The lowest BCUT2D eigenvalue weighted by Crippen LogP contribution is -1.78. The van der Waals surface area contributed by atoms with Gasteiger partial charge in [-0.25, -0.2) is 4.39 Å². The lowest BCUT2D eigenvalue weighted by molar-refractivity contribution is 0.588. The first-order valence-electron chi connectivity index (χ1n) is 3.17. The van der Waals surface area contributed by atoms with Crippen molar-refractivity contribution in [2.45, 2.75) is 0 Å². The standard InChI is InChI=1S/C7H3BrF2N2/c8-3-1-4-6(5(9)2-3)11-12-7(4)10/h1-2H,(H,11,12). The summed E-state index contributed by atoms with van der Waals surface area (Å²) in [6, 6.07) is 2.71. The Hall–Kier alpha value is -0.970. The number of nitrogens with one attached hydrogen (secondary N) is 1. The monoisotopic (exact) mass is 232 g/mol. The molecule has 62 valence electrons. The van der Waals surface area contributed by atoms with Gasteiger partial charge in [0.2, 0.25) is 5.95 Å². The highest BCUT2D eigenvalue weighted by molar-refractivity contribution is 9.10. The molecule has 0 bridgehead atoms. The minimum absolute atomic E-state index is 0.0238. The molecule has 0 fully saturated rings. The number of fused-ring (bicyclic) bond motifs is 1. The molecule has 1 heterocycles. The SMILES string of the molecule is Fc1[nH]nc2c(F)cc(Br)cc12. The maximum absolute atomic E-state index is 13.0. The molecule has 2 nitrogen and oxygen atoms in total. The van der Waals surface area contributed by atoms with E-state index in [2.05, 4.69) is 26.1 Å². The number of H-pyrrole nitrogens is 1. The Balaban J connectivity index is 2.92. The van der Waals surface area contributed by atoms with Crippen molar-refractivity contribution in [3.63, 3.8) is 0 Å². The van der Waals surface area contributed by atoms with E-state index >= 15 is 0 Å². The van der Waals surface area contributed by atoms with Crippen LogP contribution in [0, 0.1) is 11.8 Å². The van der Waals surface area contributed by atoms with E-state index in [4.69, 9.17) is 0 Å². The van der Waals surface area contributed by atoms with E-state index in [0.29, 0.717) is 4.47 Å². The number of hydrogen-bond acceptors (Lipinski definition) is 1. The van der Waals surface area contributed by atoms with Gasteiger partial charge in [-0.05, 0) is 12.1 Å². The highest BCUT2D eigenvalue weighted by Gasteiger charge is 2.09. The zero-order chi connectivity index (χ0) is 8.72. The summed E-state index contributed by atoms with van der Waals surface area (Å²) in [7, 11) is 0. The van der Waals surface area contributed by atoms with Crippen LogP contribution in [0.5, 0.6) is 0 Å². The molecule has 1 aromatic carbocycles. The first kappa shape index (κ1) is 7.67. The van der Waals surface area contributed by atoms with Crippen LogP contribution < -0.4 is 0 Å². The van der Waals surface area contributed by atoms with E-state index in [-0.39, 0.29) is 10.9 Å². The maximum Gasteiger partial charge on any atom is 0.216 e. The van der Waals surface area contributed by atoms with Gasteiger partial charge in [0.05, 0.1) is 5.39 Å². The lowest BCUT2D eigenvalue weighted by atomic mass is 10.2. The zero-order valence-electron chi connectivity index (χ0n) is 5.74. The smallest absolute Gasteiger partial charge is 0.216 e. The molecule has 5 heteroatoms. The zero-order valence-corrected chi connectivity index (χ0v) is 7.32. The third-order valence-electron chi connectivity index (χ3n) is 1.53. The molecule has 0 aliphatic carbocycles. The molecular weight excluding hydrogens is 230 g/mol. The van der Waals surface area contributed by atoms with Crippen LogP contribution >= 0.6 is 15.9 Å². The molecule has 12 heavy (non-hydrogen) atoms. The molecule has 0 aliphatic rings. The molecule has 2 rings (SSSR count). The van der Waals surface area contributed by atoms with Crippen LogP contribution in [-0.2, 0) is 0 Å². The van der Waals surface area contributed by atoms with E-state index in [1.807, 2.05) is 0 Å². The van der Waals surface area contributed by atoms with Gasteiger partial charge in [-0.3, -0.25) is 5.10 Å². The Morgan fingerprint density at radius 3 is 2.83 bits per heavy atom. The van der Waals surface area contributed by atoms with Gasteiger partial charge in [-0.1, -0.05) is 15.9 Å². The molecule has 0 aliphatic heterocycles. The minimum atomic E-state index is -0.620. The van der Waals surface area contributed by atoms with Crippen molar-refractivity contribution >= 4 is 26.8 Å². The van der Waals surface area contributed by atoms with Gasteiger partial charge in [0.1, 0.15) is 5.52 Å². The molecule has 0 spiro atoms. The summed E-state index contributed by atoms with van der Waals surface area (Å²) in [6.07, 6.45) is 0. The van der Waals surface area contributed by atoms with E-state index < -0.39 is 11.8 Å². The largest absolute Gasteiger partial charge is 0.252 e. The fourth-order valence-electron chi connectivity index (χ4n) is 1.01. The van der Waals surface area contributed by atoms with Crippen molar-refractivity contribution in [1.29, 1.82) is 0 Å². The van der Waals surface area contributed by atoms with Crippen molar-refractivity contribution in [2.75, 3.05) is 0 Å². The number of rotatable bonds is 0. The van der Waals surface area contributed by atoms with E-state index in [9.17, 15) is 8.78 Å². The fraction of sp³-hybridized carbons (Fsp3) is 0. The average Bonchev–Trinajstić information content (AvgIpc) is 2.33. The second-order valence-corrected chi connectivity index (χ2v) is 3.24. The first-order chi connectivity index (χ1) is 5.68. The van der Waals surface area contributed by atoms with E-state index in [1.165, 1.54) is 12.1 Å². The Bertz CT molecular complexity index is 438. The van der Waals surface area contributed by atoms with Gasteiger partial charge in [0.25, 0.3) is 0 Å². The van der Waals surface area contributed by atoms with Gasteiger partial charge in [0.15, 0.2) is 5.82 Å². The van der Waals surface area contributed by atoms with Gasteiger partial charge in [-0.2, -0.15) is 9.49 Å². The van der Waals surface area contributed by atoms with Crippen molar-refractivity contribution in [3.05, 3.63) is 28.4 Å². The summed E-state index contributed by atoms with van der Waals surface area (Å²) in [6.45, 7) is 0. The Kier molecular flexibility index (Phi) is 1.61. The Morgan fingerprint density at radius 1 is 1.33 bits per heavy atom. The summed E-state index contributed by atoms with van der Waals surface area (Å²) < 4.78 is 26.3. The molecule has 1 aromatic heterocycles. The predicted molar refractivity (Wildman–Crippen MR) is 43.7 cm³/mol. The Labute approximate surface area is 74.7 Å². The number of halogens is 3. The summed E-state index contributed by atoms with van der Waals surface area (Å²) in [5, 5.41) is 5.68. The summed E-state index contributed by atoms with van der Waals surface area (Å²) in [4.78, 5) is 0. The van der Waals surface area contributed by atoms with Crippen molar-refractivity contribution in [3.8, 4) is 0 Å². The van der Waals surface area contributed by atoms with Gasteiger partial charge >= 0.3 is 0 Å². The van der Waals surface area contributed by atoms with Gasteiger partial charge in [0, 0.05) is 4.47 Å². The van der Waals surface area contributed by atoms with Crippen LogP contribution in [-0.4, -0.2) is 10.2 Å². The predicted octanol–water partition coefficient (Wildman–Crippen LogP) is 2.60. The van der Waals surface area contributed by atoms with Gasteiger partial charge < -0.3 is 0 Å². The van der Waals surface area contributed by atoms with E-state index in [1.54, 1.807) is 0 Å². The molecular formula is C7H3BrF2N2. The second-order valence-electron chi connectivity index (χ2n) is 2.32. The van der Waals surface area contributed by atoms with Crippen LogP contribution in [0.4, 0.5) is 8.78 Å². The summed E-state index contributed by atoms with van der Waals surface area (Å²) >= 11 is 3.05. The van der Waals surface area contributed by atoms with Crippen LogP contribution in [0.3, 0.4) is 0 Å². The van der Waals surface area contributed by atoms with Crippen molar-refractivity contribution in [2.24, 2.45) is 0 Å². The number of aromatic nitrogens is 2. The fourth-order valence-corrected chi connectivity index (χ4v) is 1.44. The van der Waals surface area contributed by atoms with Crippen molar-refractivity contribution in [1.82, 2.24) is 10.2 Å². The van der Waals surface area contributed by atoms with Crippen LogP contribution in [0.15, 0.2) is 16.6 Å². The third kappa shape index (κ3) is 1.01. The summed E-state index contributed by atoms with van der Waals surface area (Å²) in [5.74, 6) is -1.16. The molecule has 0 unspecified atom stereocenters. The molecule has 0 saturated heterocycles. The summed E-state index contributed by atoms with van der Waals surface area (Å²) in [5.41, 5.74) is 0.0238. The maximum atomic E-state index is 13.0. The topological polar surface area (TPSA) is 28.7 Å². The molecule has 0 saturated carbocycles. The molecule has 1 N–H and O–H groups in total. The minimum Gasteiger partial charge on any atom is -0.252 e. The second kappa shape index (κ2) is 2.52. The van der Waals surface area contributed by atoms with Crippen molar-refractivity contribution < 1.29 is 8.78 Å². The van der Waals surface area contributed by atoms with Crippen LogP contribution in [0.25, 0.3) is 10.9 Å². The number of benzene rings is 1. The first-order valence-corrected chi connectivity index (χ1v) is 3.96. The van der Waals surface area contributed by atoms with Crippen LogP contribution in [0.2, 0.25) is 0 Å². The molecule has 0 radical (unpaired) electrons. The van der Waals surface area contributed by atoms with E-state index in [0.717, 1.165) is 0 Å². The number of nitrogens with zero attached hydrogens (tertiary/aromatic N) is 1. The van der Waals surface area contributed by atoms with Crippen LogP contribution in [0.1, 0.15) is 0 Å². The highest BCUT2D eigenvalue weighted by Crippen LogP contribution is 2.22. The number of hydrogen-bond donors (Lipinski definition) is 1. The van der Waals surface area contributed by atoms with Gasteiger partial charge in [-0.15, -0.1) is 0 Å². The lowest BCUT2D eigenvalue weighted by Gasteiger charge is -1.91. The molecule has 0 amide bonds. The normalized spacial score (nSPS) is 10.9. The third-order valence-corrected chi connectivity index (χ3v) is 1.99. The molecule has 0 atom stereocenters. The molecule has 2 aromatic rings. The quantitative estimate of drug-likeness (QED) is 0.744.